The minimum atomic E-state index is 0.351. The predicted molar refractivity (Wildman–Crippen MR) is 53.8 cm³/mol. The fourth-order valence-corrected chi connectivity index (χ4v) is 1.63. The number of benzene rings is 1. The summed E-state index contributed by atoms with van der Waals surface area (Å²) in [5.41, 5.74) is 9.63. The molecule has 2 rings (SSSR count). The molecule has 0 saturated carbocycles. The van der Waals surface area contributed by atoms with Crippen molar-refractivity contribution in [1.82, 2.24) is 9.66 Å². The van der Waals surface area contributed by atoms with Crippen LogP contribution in [0.2, 0.25) is 0 Å². The third-order valence-electron chi connectivity index (χ3n) is 2.15. The Balaban J connectivity index is 2.94. The van der Waals surface area contributed by atoms with Crippen molar-refractivity contribution in [3.63, 3.8) is 0 Å². The van der Waals surface area contributed by atoms with E-state index in [1.165, 1.54) is 10.2 Å². The van der Waals surface area contributed by atoms with Crippen molar-refractivity contribution >= 4 is 17.0 Å². The van der Waals surface area contributed by atoms with E-state index in [-0.39, 0.29) is 0 Å². The number of nitrogens with zero attached hydrogens (tertiary/aromatic N) is 2. The number of imidazole rings is 1. The van der Waals surface area contributed by atoms with Crippen LogP contribution in [0.15, 0.2) is 12.1 Å². The molecule has 0 aliphatic carbocycles. The first-order valence-corrected chi connectivity index (χ1v) is 4.10. The maximum absolute atomic E-state index is 5.72. The summed E-state index contributed by atoms with van der Waals surface area (Å²) < 4.78 is 1.42. The Morgan fingerprint density at radius 1 is 1.31 bits per heavy atom. The van der Waals surface area contributed by atoms with Crippen LogP contribution in [0.1, 0.15) is 11.1 Å². The lowest BCUT2D eigenvalue weighted by atomic mass is 10.1. The summed E-state index contributed by atoms with van der Waals surface area (Å²) in [4.78, 5) is 4.15. The number of hydrogen-bond donors (Lipinski definition) is 2. The highest BCUT2D eigenvalue weighted by Crippen LogP contribution is 2.20. The monoisotopic (exact) mass is 176 g/mol. The topological polar surface area (TPSA) is 69.9 Å². The van der Waals surface area contributed by atoms with Crippen molar-refractivity contribution in [2.45, 2.75) is 13.8 Å². The molecule has 0 atom stereocenters. The predicted octanol–water partition coefficient (Wildman–Crippen LogP) is 0.949. The van der Waals surface area contributed by atoms with E-state index in [1.54, 1.807) is 0 Å². The number of anilines is 1. The van der Waals surface area contributed by atoms with E-state index in [0.717, 1.165) is 16.6 Å². The number of nitrogens with two attached hydrogens (primary N) is 2. The third kappa shape index (κ3) is 1.02. The van der Waals surface area contributed by atoms with Gasteiger partial charge in [-0.3, -0.25) is 0 Å². The molecule has 0 radical (unpaired) electrons. The van der Waals surface area contributed by atoms with Crippen LogP contribution >= 0.6 is 0 Å². The van der Waals surface area contributed by atoms with Gasteiger partial charge in [-0.15, -0.1) is 0 Å². The molecule has 1 heterocycles. The molecule has 68 valence electrons. The molecule has 4 heteroatoms. The minimum Gasteiger partial charge on any atom is -0.368 e. The van der Waals surface area contributed by atoms with Gasteiger partial charge in [-0.25, -0.2) is 9.66 Å². The van der Waals surface area contributed by atoms with E-state index < -0.39 is 0 Å². The van der Waals surface area contributed by atoms with Crippen LogP contribution in [0.5, 0.6) is 0 Å². The Hall–Kier alpha value is -1.71. The fourth-order valence-electron chi connectivity index (χ4n) is 1.63. The highest BCUT2D eigenvalue weighted by Gasteiger charge is 2.07. The lowest BCUT2D eigenvalue weighted by Crippen LogP contribution is -2.11. The molecule has 0 aliphatic rings. The second-order valence-electron chi connectivity index (χ2n) is 3.29. The van der Waals surface area contributed by atoms with E-state index in [4.69, 9.17) is 11.6 Å². The van der Waals surface area contributed by atoms with Crippen molar-refractivity contribution < 1.29 is 0 Å². The molecule has 0 spiro atoms. The summed E-state index contributed by atoms with van der Waals surface area (Å²) >= 11 is 0. The Bertz CT molecular complexity index is 470. The molecule has 4 N–H and O–H groups in total. The maximum atomic E-state index is 5.72. The summed E-state index contributed by atoms with van der Waals surface area (Å²) in [7, 11) is 0. The van der Waals surface area contributed by atoms with Gasteiger partial charge in [-0.1, -0.05) is 6.07 Å². The lowest BCUT2D eigenvalue weighted by Gasteiger charge is -2.01. The molecule has 13 heavy (non-hydrogen) atoms. The zero-order chi connectivity index (χ0) is 9.59. The van der Waals surface area contributed by atoms with Crippen LogP contribution in [-0.4, -0.2) is 9.66 Å². The standard InChI is InChI=1S/C9H12N4/c1-5-3-6(2)8-7(4-5)12-9(10)13(8)11/h3-4H,11H2,1-2H3,(H2,10,12). The largest absolute Gasteiger partial charge is 0.368 e. The van der Waals surface area contributed by atoms with Crippen molar-refractivity contribution in [3.8, 4) is 0 Å². The quantitative estimate of drug-likeness (QED) is 0.587. The highest BCUT2D eigenvalue weighted by atomic mass is 15.4. The van der Waals surface area contributed by atoms with Crippen molar-refractivity contribution in [2.75, 3.05) is 11.6 Å². The maximum Gasteiger partial charge on any atom is 0.220 e. The Morgan fingerprint density at radius 3 is 2.69 bits per heavy atom. The van der Waals surface area contributed by atoms with Crippen molar-refractivity contribution in [1.29, 1.82) is 0 Å². The van der Waals surface area contributed by atoms with Gasteiger partial charge >= 0.3 is 0 Å². The van der Waals surface area contributed by atoms with Gasteiger partial charge in [0.05, 0.1) is 11.0 Å². The normalized spacial score (nSPS) is 10.9. The Labute approximate surface area is 76.1 Å². The van der Waals surface area contributed by atoms with E-state index in [2.05, 4.69) is 11.1 Å². The lowest BCUT2D eigenvalue weighted by molar-refractivity contribution is 1.05. The van der Waals surface area contributed by atoms with Crippen LogP contribution < -0.4 is 11.6 Å². The number of aromatic nitrogens is 2. The first kappa shape index (κ1) is 7.91. The summed E-state index contributed by atoms with van der Waals surface area (Å²) in [6, 6.07) is 4.04. The summed E-state index contributed by atoms with van der Waals surface area (Å²) in [5.74, 6) is 6.07. The molecule has 1 aromatic heterocycles. The third-order valence-corrected chi connectivity index (χ3v) is 2.15. The van der Waals surface area contributed by atoms with Gasteiger partial charge in [0, 0.05) is 0 Å². The fraction of sp³-hybridized carbons (Fsp3) is 0.222. The van der Waals surface area contributed by atoms with Crippen molar-refractivity contribution in [2.24, 2.45) is 0 Å². The molecule has 2 aromatic rings. The first-order chi connectivity index (χ1) is 6.09. The average molecular weight is 176 g/mol. The van der Waals surface area contributed by atoms with Gasteiger partial charge in [0.15, 0.2) is 0 Å². The second-order valence-corrected chi connectivity index (χ2v) is 3.29. The van der Waals surface area contributed by atoms with Gasteiger partial charge < -0.3 is 11.6 Å². The number of nitrogen functional groups attached to an aromatic ring is 2. The second kappa shape index (κ2) is 2.39. The summed E-state index contributed by atoms with van der Waals surface area (Å²) in [6.45, 7) is 4.03. The number of aryl methyl sites for hydroxylation is 2. The van der Waals surface area contributed by atoms with Crippen LogP contribution in [0.25, 0.3) is 11.0 Å². The van der Waals surface area contributed by atoms with Crippen LogP contribution in [0, 0.1) is 13.8 Å². The van der Waals surface area contributed by atoms with Gasteiger partial charge in [-0.05, 0) is 31.0 Å². The average Bonchev–Trinajstić information content (AvgIpc) is 2.27. The number of fused-ring (bicyclic) bond motifs is 1. The van der Waals surface area contributed by atoms with Gasteiger partial charge in [0.25, 0.3) is 0 Å². The van der Waals surface area contributed by atoms with E-state index in [9.17, 15) is 0 Å². The first-order valence-electron chi connectivity index (χ1n) is 4.10. The zero-order valence-electron chi connectivity index (χ0n) is 7.70. The molecule has 0 fully saturated rings. The molecule has 1 aromatic carbocycles. The molecule has 0 saturated heterocycles. The Morgan fingerprint density at radius 2 is 2.00 bits per heavy atom. The molecular formula is C9H12N4. The summed E-state index contributed by atoms with van der Waals surface area (Å²) in [5, 5.41) is 0. The number of hydrogen-bond acceptors (Lipinski definition) is 3. The van der Waals surface area contributed by atoms with Gasteiger partial charge in [-0.2, -0.15) is 0 Å². The van der Waals surface area contributed by atoms with E-state index in [1.807, 2.05) is 19.9 Å². The van der Waals surface area contributed by atoms with E-state index in [0.29, 0.717) is 5.95 Å². The van der Waals surface area contributed by atoms with Gasteiger partial charge in [0.1, 0.15) is 0 Å². The molecule has 4 nitrogen and oxygen atoms in total. The minimum absolute atomic E-state index is 0.351. The number of rotatable bonds is 0. The Kier molecular flexibility index (Phi) is 1.45. The molecule has 0 bridgehead atoms. The smallest absolute Gasteiger partial charge is 0.220 e. The molecule has 0 unspecified atom stereocenters. The van der Waals surface area contributed by atoms with Crippen molar-refractivity contribution in [3.05, 3.63) is 23.3 Å². The van der Waals surface area contributed by atoms with Crippen LogP contribution in [-0.2, 0) is 0 Å². The highest BCUT2D eigenvalue weighted by molar-refractivity contribution is 5.82. The summed E-state index contributed by atoms with van der Waals surface area (Å²) in [6.07, 6.45) is 0. The van der Waals surface area contributed by atoms with Crippen LogP contribution in [0.4, 0.5) is 5.95 Å². The molecular weight excluding hydrogens is 164 g/mol. The zero-order valence-corrected chi connectivity index (χ0v) is 7.70. The molecule has 0 aliphatic heterocycles. The van der Waals surface area contributed by atoms with E-state index >= 15 is 0 Å². The molecule has 0 amide bonds. The van der Waals surface area contributed by atoms with Crippen LogP contribution in [0.3, 0.4) is 0 Å². The SMILES string of the molecule is Cc1cc(C)c2c(c1)nc(N)n2N. The van der Waals surface area contributed by atoms with Gasteiger partial charge in [0.2, 0.25) is 5.95 Å².